The highest BCUT2D eigenvalue weighted by atomic mass is 16.6. The minimum Gasteiger partial charge on any atom is -0.332 e. The Morgan fingerprint density at radius 2 is 2.09 bits per heavy atom. The number of nitro benzene ring substituents is 1. The van der Waals surface area contributed by atoms with Crippen molar-refractivity contribution in [2.24, 2.45) is 0 Å². The van der Waals surface area contributed by atoms with E-state index in [9.17, 15) is 14.9 Å². The molecule has 1 aromatic heterocycles. The standard InChI is InChI=1S/C15H17N5O3/c1-11-10-16-7-9-18(11)15(21)14-6-8-19(17-14)12-2-4-13(5-3-12)20(22)23/h2-6,8,11,16H,7,9-10H2,1H3. The first-order valence-corrected chi connectivity index (χ1v) is 7.38. The Balaban J connectivity index is 1.79. The Labute approximate surface area is 132 Å². The van der Waals surface area contributed by atoms with Crippen LogP contribution < -0.4 is 5.32 Å². The summed E-state index contributed by atoms with van der Waals surface area (Å²) in [4.78, 5) is 24.6. The van der Waals surface area contributed by atoms with E-state index in [1.807, 2.05) is 6.92 Å². The van der Waals surface area contributed by atoms with Crippen molar-refractivity contribution in [3.63, 3.8) is 0 Å². The van der Waals surface area contributed by atoms with Crippen LogP contribution in [0.2, 0.25) is 0 Å². The summed E-state index contributed by atoms with van der Waals surface area (Å²) < 4.78 is 1.55. The zero-order valence-corrected chi connectivity index (χ0v) is 12.7. The van der Waals surface area contributed by atoms with Crippen molar-refractivity contribution in [2.75, 3.05) is 19.6 Å². The van der Waals surface area contributed by atoms with Crippen LogP contribution in [-0.4, -0.2) is 51.2 Å². The maximum absolute atomic E-state index is 12.5. The third kappa shape index (κ3) is 3.07. The SMILES string of the molecule is CC1CNCCN1C(=O)c1ccn(-c2ccc([N+](=O)[O-])cc2)n1. The van der Waals surface area contributed by atoms with Crippen LogP contribution in [0, 0.1) is 10.1 Å². The fraction of sp³-hybridized carbons (Fsp3) is 0.333. The molecular formula is C15H17N5O3. The van der Waals surface area contributed by atoms with Crippen molar-refractivity contribution in [1.82, 2.24) is 20.0 Å². The molecule has 23 heavy (non-hydrogen) atoms. The van der Waals surface area contributed by atoms with Crippen LogP contribution in [0.15, 0.2) is 36.5 Å². The Kier molecular flexibility index (Phi) is 4.07. The third-order valence-corrected chi connectivity index (χ3v) is 3.90. The molecule has 120 valence electrons. The van der Waals surface area contributed by atoms with Gasteiger partial charge in [0.25, 0.3) is 11.6 Å². The molecule has 1 aliphatic heterocycles. The monoisotopic (exact) mass is 315 g/mol. The summed E-state index contributed by atoms with van der Waals surface area (Å²) in [5.74, 6) is -0.0975. The summed E-state index contributed by atoms with van der Waals surface area (Å²) in [6.45, 7) is 4.20. The lowest BCUT2D eigenvalue weighted by Gasteiger charge is -2.33. The van der Waals surface area contributed by atoms with Gasteiger partial charge in [-0.25, -0.2) is 4.68 Å². The van der Waals surface area contributed by atoms with Gasteiger partial charge < -0.3 is 10.2 Å². The predicted octanol–water partition coefficient (Wildman–Crippen LogP) is 1.21. The Bertz CT molecular complexity index is 725. The molecule has 0 bridgehead atoms. The van der Waals surface area contributed by atoms with E-state index in [1.165, 1.54) is 12.1 Å². The van der Waals surface area contributed by atoms with Gasteiger partial charge in [-0.1, -0.05) is 0 Å². The number of nitro groups is 1. The lowest BCUT2D eigenvalue weighted by Crippen LogP contribution is -2.52. The van der Waals surface area contributed by atoms with E-state index in [0.717, 1.165) is 13.1 Å². The molecule has 2 aromatic rings. The zero-order chi connectivity index (χ0) is 16.4. The zero-order valence-electron chi connectivity index (χ0n) is 12.7. The smallest absolute Gasteiger partial charge is 0.274 e. The van der Waals surface area contributed by atoms with E-state index in [0.29, 0.717) is 17.9 Å². The maximum atomic E-state index is 12.5. The van der Waals surface area contributed by atoms with E-state index < -0.39 is 4.92 Å². The van der Waals surface area contributed by atoms with Crippen LogP contribution in [0.5, 0.6) is 0 Å². The summed E-state index contributed by atoms with van der Waals surface area (Å²) in [6.07, 6.45) is 1.68. The quantitative estimate of drug-likeness (QED) is 0.679. The normalized spacial score (nSPS) is 18.0. The van der Waals surface area contributed by atoms with Gasteiger partial charge in [0.05, 0.1) is 10.6 Å². The van der Waals surface area contributed by atoms with Crippen LogP contribution in [0.3, 0.4) is 0 Å². The molecule has 1 unspecified atom stereocenters. The van der Waals surface area contributed by atoms with Gasteiger partial charge in [-0.3, -0.25) is 14.9 Å². The van der Waals surface area contributed by atoms with Gasteiger partial charge in [0.1, 0.15) is 0 Å². The molecule has 1 atom stereocenters. The summed E-state index contributed by atoms with van der Waals surface area (Å²) in [5.41, 5.74) is 1.06. The summed E-state index contributed by atoms with van der Waals surface area (Å²) in [5, 5.41) is 18.2. The number of aromatic nitrogens is 2. The van der Waals surface area contributed by atoms with Gasteiger partial charge in [-0.2, -0.15) is 5.10 Å². The number of hydrogen-bond acceptors (Lipinski definition) is 5. The van der Waals surface area contributed by atoms with E-state index in [2.05, 4.69) is 10.4 Å². The molecule has 1 saturated heterocycles. The number of rotatable bonds is 3. The van der Waals surface area contributed by atoms with Crippen LogP contribution in [0.4, 0.5) is 5.69 Å². The molecule has 0 radical (unpaired) electrons. The minimum absolute atomic E-state index is 0.0202. The van der Waals surface area contributed by atoms with E-state index in [-0.39, 0.29) is 17.6 Å². The highest BCUT2D eigenvalue weighted by Crippen LogP contribution is 2.16. The van der Waals surface area contributed by atoms with Crippen molar-refractivity contribution in [3.8, 4) is 5.69 Å². The van der Waals surface area contributed by atoms with Crippen molar-refractivity contribution < 1.29 is 9.72 Å². The molecule has 1 aliphatic rings. The van der Waals surface area contributed by atoms with Gasteiger partial charge in [-0.15, -0.1) is 0 Å². The van der Waals surface area contributed by atoms with Crippen LogP contribution in [0.1, 0.15) is 17.4 Å². The number of non-ortho nitro benzene ring substituents is 1. The number of hydrogen-bond donors (Lipinski definition) is 1. The second kappa shape index (κ2) is 6.17. The Morgan fingerprint density at radius 1 is 1.35 bits per heavy atom. The predicted molar refractivity (Wildman–Crippen MR) is 83.6 cm³/mol. The molecule has 2 heterocycles. The van der Waals surface area contributed by atoms with Crippen LogP contribution in [-0.2, 0) is 0 Å². The van der Waals surface area contributed by atoms with Gasteiger partial charge in [0, 0.05) is 44.0 Å². The highest BCUT2D eigenvalue weighted by molar-refractivity contribution is 5.92. The second-order valence-electron chi connectivity index (χ2n) is 5.47. The summed E-state index contributed by atoms with van der Waals surface area (Å²) in [7, 11) is 0. The van der Waals surface area contributed by atoms with Gasteiger partial charge in [-0.05, 0) is 25.1 Å². The molecule has 1 amide bonds. The largest absolute Gasteiger partial charge is 0.332 e. The number of amides is 1. The number of nitrogens with one attached hydrogen (secondary N) is 1. The van der Waals surface area contributed by atoms with Gasteiger partial charge >= 0.3 is 0 Å². The fourth-order valence-corrected chi connectivity index (χ4v) is 2.60. The molecule has 8 heteroatoms. The fourth-order valence-electron chi connectivity index (χ4n) is 2.60. The van der Waals surface area contributed by atoms with Crippen molar-refractivity contribution in [3.05, 3.63) is 52.3 Å². The minimum atomic E-state index is -0.451. The molecule has 1 aromatic carbocycles. The van der Waals surface area contributed by atoms with Crippen molar-refractivity contribution >= 4 is 11.6 Å². The average Bonchev–Trinajstić information content (AvgIpc) is 3.05. The average molecular weight is 315 g/mol. The molecule has 3 rings (SSSR count). The number of benzene rings is 1. The van der Waals surface area contributed by atoms with Gasteiger partial charge in [0.15, 0.2) is 5.69 Å². The first-order valence-electron chi connectivity index (χ1n) is 7.38. The Hall–Kier alpha value is -2.74. The summed E-state index contributed by atoms with van der Waals surface area (Å²) >= 11 is 0. The first-order chi connectivity index (χ1) is 11.1. The first kappa shape index (κ1) is 15.2. The highest BCUT2D eigenvalue weighted by Gasteiger charge is 2.25. The third-order valence-electron chi connectivity index (χ3n) is 3.90. The molecule has 8 nitrogen and oxygen atoms in total. The molecular weight excluding hydrogens is 298 g/mol. The molecule has 1 N–H and O–H groups in total. The number of carbonyl (C=O) groups is 1. The lowest BCUT2D eigenvalue weighted by molar-refractivity contribution is -0.384. The van der Waals surface area contributed by atoms with Crippen molar-refractivity contribution in [1.29, 1.82) is 0 Å². The molecule has 0 spiro atoms. The van der Waals surface area contributed by atoms with Crippen LogP contribution >= 0.6 is 0 Å². The second-order valence-corrected chi connectivity index (χ2v) is 5.47. The topological polar surface area (TPSA) is 93.3 Å². The number of piperazine rings is 1. The lowest BCUT2D eigenvalue weighted by atomic mass is 10.2. The maximum Gasteiger partial charge on any atom is 0.274 e. The number of carbonyl (C=O) groups excluding carboxylic acids is 1. The van der Waals surface area contributed by atoms with Gasteiger partial charge in [0.2, 0.25) is 0 Å². The van der Waals surface area contributed by atoms with E-state index in [4.69, 9.17) is 0 Å². The molecule has 0 aliphatic carbocycles. The van der Waals surface area contributed by atoms with E-state index in [1.54, 1.807) is 34.0 Å². The Morgan fingerprint density at radius 3 is 2.74 bits per heavy atom. The number of nitrogens with zero attached hydrogens (tertiary/aromatic N) is 4. The van der Waals surface area contributed by atoms with E-state index >= 15 is 0 Å². The van der Waals surface area contributed by atoms with Crippen LogP contribution in [0.25, 0.3) is 5.69 Å². The molecule has 1 fully saturated rings. The molecule has 0 saturated carbocycles. The summed E-state index contributed by atoms with van der Waals surface area (Å²) in [6, 6.07) is 7.83. The van der Waals surface area contributed by atoms with Crippen molar-refractivity contribution in [2.45, 2.75) is 13.0 Å².